The second-order valence-electron chi connectivity index (χ2n) is 3.44. The summed E-state index contributed by atoms with van der Waals surface area (Å²) in [6, 6.07) is 2.93. The van der Waals surface area contributed by atoms with Gasteiger partial charge in [-0.25, -0.2) is 0 Å². The van der Waals surface area contributed by atoms with Crippen LogP contribution < -0.4 is 5.32 Å². The summed E-state index contributed by atoms with van der Waals surface area (Å²) in [6.45, 7) is 0.528. The number of benzene rings is 1. The normalized spacial score (nSPS) is 11.4. The lowest BCUT2D eigenvalue weighted by Gasteiger charge is -2.10. The van der Waals surface area contributed by atoms with E-state index in [1.54, 1.807) is 0 Å². The molecule has 0 unspecified atom stereocenters. The molecule has 100 valence electrons. The lowest BCUT2D eigenvalue weighted by Crippen LogP contribution is -2.27. The molecule has 7 heteroatoms. The number of methoxy groups -OCH3 is 1. The molecule has 1 rings (SSSR count). The maximum absolute atomic E-state index is 12.5. The average molecular weight is 326 g/mol. The third-order valence-electron chi connectivity index (χ3n) is 2.13. The number of halogens is 4. The first-order valence-corrected chi connectivity index (χ1v) is 5.79. The molecule has 0 aliphatic carbocycles. The second kappa shape index (κ2) is 6.19. The van der Waals surface area contributed by atoms with E-state index in [-0.39, 0.29) is 12.1 Å². The van der Waals surface area contributed by atoms with Crippen molar-refractivity contribution in [1.29, 1.82) is 0 Å². The zero-order valence-corrected chi connectivity index (χ0v) is 11.1. The zero-order chi connectivity index (χ0) is 13.8. The molecule has 1 N–H and O–H groups in total. The molecule has 0 radical (unpaired) electrons. The van der Waals surface area contributed by atoms with Crippen LogP contribution in [0.3, 0.4) is 0 Å². The van der Waals surface area contributed by atoms with Crippen molar-refractivity contribution in [1.82, 2.24) is 5.32 Å². The van der Waals surface area contributed by atoms with Crippen LogP contribution in [0, 0.1) is 0 Å². The Labute approximate surface area is 110 Å². The Bertz CT molecular complexity index is 435. The van der Waals surface area contributed by atoms with Gasteiger partial charge in [0.25, 0.3) is 5.91 Å². The van der Waals surface area contributed by atoms with Gasteiger partial charge in [-0.1, -0.05) is 0 Å². The van der Waals surface area contributed by atoms with E-state index < -0.39 is 17.6 Å². The Morgan fingerprint density at radius 2 is 2.11 bits per heavy atom. The van der Waals surface area contributed by atoms with Crippen molar-refractivity contribution in [2.45, 2.75) is 6.18 Å². The number of carbonyl (C=O) groups excluding carboxylic acids is 1. The van der Waals surface area contributed by atoms with Crippen LogP contribution in [0.2, 0.25) is 0 Å². The first kappa shape index (κ1) is 15.0. The Balaban J connectivity index is 2.90. The van der Waals surface area contributed by atoms with Crippen molar-refractivity contribution < 1.29 is 22.7 Å². The highest BCUT2D eigenvalue weighted by molar-refractivity contribution is 9.10. The van der Waals surface area contributed by atoms with Crippen molar-refractivity contribution in [3.63, 3.8) is 0 Å². The molecule has 0 aliphatic heterocycles. The molecule has 1 aromatic carbocycles. The van der Waals surface area contributed by atoms with Crippen molar-refractivity contribution in [2.24, 2.45) is 0 Å². The molecule has 1 aromatic rings. The van der Waals surface area contributed by atoms with Gasteiger partial charge in [-0.3, -0.25) is 4.79 Å². The Morgan fingerprint density at radius 1 is 1.44 bits per heavy atom. The summed E-state index contributed by atoms with van der Waals surface area (Å²) in [5.74, 6) is -0.579. The molecule has 3 nitrogen and oxygen atoms in total. The van der Waals surface area contributed by atoms with Crippen molar-refractivity contribution in [2.75, 3.05) is 20.3 Å². The summed E-state index contributed by atoms with van der Waals surface area (Å²) < 4.78 is 42.5. The van der Waals surface area contributed by atoms with Crippen LogP contribution in [-0.4, -0.2) is 26.2 Å². The van der Waals surface area contributed by atoms with Crippen LogP contribution in [0.5, 0.6) is 0 Å². The van der Waals surface area contributed by atoms with E-state index in [4.69, 9.17) is 4.74 Å². The first-order valence-electron chi connectivity index (χ1n) is 5.00. The fraction of sp³-hybridized carbons (Fsp3) is 0.364. The molecular formula is C11H11BrF3NO2. The largest absolute Gasteiger partial charge is 0.416 e. The summed E-state index contributed by atoms with van der Waals surface area (Å²) in [4.78, 5) is 11.7. The molecule has 0 bridgehead atoms. The number of hydrogen-bond donors (Lipinski definition) is 1. The number of amides is 1. The fourth-order valence-electron chi connectivity index (χ4n) is 1.24. The van der Waals surface area contributed by atoms with Crippen molar-refractivity contribution in [3.8, 4) is 0 Å². The molecule has 0 heterocycles. The number of alkyl halides is 3. The fourth-order valence-corrected chi connectivity index (χ4v) is 1.66. The van der Waals surface area contributed by atoms with Gasteiger partial charge in [-0.05, 0) is 34.1 Å². The van der Waals surface area contributed by atoms with Crippen LogP contribution >= 0.6 is 15.9 Å². The van der Waals surface area contributed by atoms with Crippen molar-refractivity contribution in [3.05, 3.63) is 33.8 Å². The van der Waals surface area contributed by atoms with E-state index in [0.29, 0.717) is 11.1 Å². The Morgan fingerprint density at radius 3 is 2.67 bits per heavy atom. The Hall–Kier alpha value is -1.08. The zero-order valence-electron chi connectivity index (χ0n) is 9.47. The summed E-state index contributed by atoms with van der Waals surface area (Å²) >= 11 is 3.05. The summed E-state index contributed by atoms with van der Waals surface area (Å²) in [7, 11) is 1.46. The van der Waals surface area contributed by atoms with E-state index in [1.165, 1.54) is 13.2 Å². The lowest BCUT2D eigenvalue weighted by atomic mass is 10.1. The molecule has 0 spiro atoms. The minimum absolute atomic E-state index is 0.0547. The second-order valence-corrected chi connectivity index (χ2v) is 4.30. The number of carbonyl (C=O) groups is 1. The van der Waals surface area contributed by atoms with Crippen molar-refractivity contribution >= 4 is 21.8 Å². The van der Waals surface area contributed by atoms with Crippen LogP contribution in [0.4, 0.5) is 13.2 Å². The van der Waals surface area contributed by atoms with Gasteiger partial charge in [-0.15, -0.1) is 0 Å². The Kier molecular flexibility index (Phi) is 5.15. The van der Waals surface area contributed by atoms with Gasteiger partial charge in [0.1, 0.15) is 0 Å². The minimum Gasteiger partial charge on any atom is -0.383 e. The molecule has 1 amide bonds. The summed E-state index contributed by atoms with van der Waals surface area (Å²) in [6.07, 6.45) is -4.47. The van der Waals surface area contributed by atoms with Gasteiger partial charge in [-0.2, -0.15) is 13.2 Å². The number of nitrogens with one attached hydrogen (secondary N) is 1. The number of ether oxygens (including phenoxy) is 1. The average Bonchev–Trinajstić information content (AvgIpc) is 2.28. The SMILES string of the molecule is COCCNC(=O)c1cc(C(F)(F)F)ccc1Br. The maximum atomic E-state index is 12.5. The molecular weight excluding hydrogens is 315 g/mol. The molecule has 0 aliphatic rings. The highest BCUT2D eigenvalue weighted by atomic mass is 79.9. The molecule has 0 atom stereocenters. The minimum atomic E-state index is -4.47. The van der Waals surface area contributed by atoms with E-state index >= 15 is 0 Å². The van der Waals surface area contributed by atoms with E-state index in [0.717, 1.165) is 12.1 Å². The quantitative estimate of drug-likeness (QED) is 0.864. The van der Waals surface area contributed by atoms with E-state index in [9.17, 15) is 18.0 Å². The van der Waals surface area contributed by atoms with Crippen LogP contribution in [-0.2, 0) is 10.9 Å². The van der Waals surface area contributed by atoms with Crippen LogP contribution in [0.15, 0.2) is 22.7 Å². The standard InChI is InChI=1S/C11H11BrF3NO2/c1-18-5-4-16-10(17)8-6-7(11(13,14)15)2-3-9(8)12/h2-3,6H,4-5H2,1H3,(H,16,17). The summed E-state index contributed by atoms with van der Waals surface area (Å²) in [5, 5.41) is 2.46. The molecule has 18 heavy (non-hydrogen) atoms. The highest BCUT2D eigenvalue weighted by Crippen LogP contribution is 2.31. The van der Waals surface area contributed by atoms with Gasteiger partial charge in [0.15, 0.2) is 0 Å². The monoisotopic (exact) mass is 325 g/mol. The number of rotatable bonds is 4. The topological polar surface area (TPSA) is 38.3 Å². The lowest BCUT2D eigenvalue weighted by molar-refractivity contribution is -0.137. The highest BCUT2D eigenvalue weighted by Gasteiger charge is 2.31. The first-order chi connectivity index (χ1) is 8.36. The maximum Gasteiger partial charge on any atom is 0.416 e. The predicted octanol–water partition coefficient (Wildman–Crippen LogP) is 2.84. The van der Waals surface area contributed by atoms with Gasteiger partial charge in [0.05, 0.1) is 17.7 Å². The smallest absolute Gasteiger partial charge is 0.383 e. The molecule has 0 fully saturated rings. The third kappa shape index (κ3) is 3.99. The van der Waals surface area contributed by atoms with Crippen LogP contribution in [0.1, 0.15) is 15.9 Å². The van der Waals surface area contributed by atoms with Gasteiger partial charge in [0.2, 0.25) is 0 Å². The van der Waals surface area contributed by atoms with Crippen LogP contribution in [0.25, 0.3) is 0 Å². The van der Waals surface area contributed by atoms with Gasteiger partial charge in [0, 0.05) is 18.1 Å². The number of hydrogen-bond acceptors (Lipinski definition) is 2. The molecule has 0 saturated carbocycles. The predicted molar refractivity (Wildman–Crippen MR) is 63.4 cm³/mol. The third-order valence-corrected chi connectivity index (χ3v) is 2.82. The van der Waals surface area contributed by atoms with Gasteiger partial charge >= 0.3 is 6.18 Å². The van der Waals surface area contributed by atoms with E-state index in [1.807, 2.05) is 0 Å². The van der Waals surface area contributed by atoms with E-state index in [2.05, 4.69) is 21.2 Å². The molecule has 0 aromatic heterocycles. The summed E-state index contributed by atoms with van der Waals surface area (Å²) in [5.41, 5.74) is -0.913. The molecule has 0 saturated heterocycles. The van der Waals surface area contributed by atoms with Gasteiger partial charge < -0.3 is 10.1 Å².